The van der Waals surface area contributed by atoms with E-state index >= 15 is 0 Å². The lowest BCUT2D eigenvalue weighted by molar-refractivity contribution is 0.624. The third kappa shape index (κ3) is 2.65. The van der Waals surface area contributed by atoms with E-state index in [-0.39, 0.29) is 0 Å². The molecule has 0 aliphatic heterocycles. The molecule has 7 heteroatoms. The van der Waals surface area contributed by atoms with Crippen molar-refractivity contribution in [2.45, 2.75) is 6.92 Å². The summed E-state index contributed by atoms with van der Waals surface area (Å²) in [6.45, 7) is 2.04. The number of benzene rings is 1. The lowest BCUT2D eigenvalue weighted by Crippen LogP contribution is -1.82. The average Bonchev–Trinajstić information content (AvgIpc) is 2.23. The van der Waals surface area contributed by atoms with Crippen LogP contribution in [0.2, 0.25) is 0 Å². The predicted octanol–water partition coefficient (Wildman–Crippen LogP) is 3.45. The predicted molar refractivity (Wildman–Crippen MR) is 59.2 cm³/mol. The molecule has 4 nitrogen and oxygen atoms in total. The smallest absolute Gasteiger partial charge is 0.358 e. The number of rotatable bonds is 2. The van der Waals surface area contributed by atoms with Crippen LogP contribution in [0.1, 0.15) is 5.56 Å². The second-order valence-corrected chi connectivity index (χ2v) is 5.80. The first-order valence-corrected chi connectivity index (χ1v) is 6.67. The third-order valence-corrected chi connectivity index (χ3v) is 4.40. The molecule has 0 saturated heterocycles. The third-order valence-electron chi connectivity index (χ3n) is 1.52. The summed E-state index contributed by atoms with van der Waals surface area (Å²) in [4.78, 5) is 0. The summed E-state index contributed by atoms with van der Waals surface area (Å²) in [6.07, 6.45) is 0. The van der Waals surface area contributed by atoms with Crippen molar-refractivity contribution in [2.24, 2.45) is 0 Å². The topological polar surface area (TPSA) is 47.9 Å². The van der Waals surface area contributed by atoms with Gasteiger partial charge in [0.15, 0.2) is 5.75 Å². The van der Waals surface area contributed by atoms with Gasteiger partial charge in [0.1, 0.15) is 0 Å². The van der Waals surface area contributed by atoms with E-state index in [0.29, 0.717) is 0 Å². The van der Waals surface area contributed by atoms with Crippen molar-refractivity contribution in [3.63, 3.8) is 0 Å². The summed E-state index contributed by atoms with van der Waals surface area (Å²) in [5.41, 5.74) is 1.22. The van der Waals surface area contributed by atoms with Crippen LogP contribution >= 0.6 is 25.1 Å². The highest BCUT2D eigenvalue weighted by Crippen LogP contribution is 2.26. The quantitative estimate of drug-likeness (QED) is 0.809. The van der Waals surface area contributed by atoms with E-state index in [1.807, 2.05) is 31.2 Å². The summed E-state index contributed by atoms with van der Waals surface area (Å²) < 4.78 is 17.7. The Morgan fingerprint density at radius 2 is 1.79 bits per heavy atom. The largest absolute Gasteiger partial charge is 0.414 e. The van der Waals surface area contributed by atoms with Crippen molar-refractivity contribution in [3.8, 4) is 5.75 Å². The second kappa shape index (κ2) is 4.70. The van der Waals surface area contributed by atoms with Crippen LogP contribution in [0.15, 0.2) is 24.3 Å². The van der Waals surface area contributed by atoms with E-state index in [4.69, 9.17) is 4.52 Å². The van der Waals surface area contributed by atoms with Crippen molar-refractivity contribution in [1.82, 2.24) is 13.5 Å². The molecule has 2 aromatic rings. The fourth-order valence-corrected chi connectivity index (χ4v) is 3.56. The summed E-state index contributed by atoms with van der Waals surface area (Å²) in [5.74, 6) is 0.821. The highest BCUT2D eigenvalue weighted by Gasteiger charge is 2.06. The highest BCUT2D eigenvalue weighted by atomic mass is 31.2. The van der Waals surface area contributed by atoms with E-state index in [1.165, 1.54) is 5.56 Å². The average molecular weight is 242 g/mol. The van der Waals surface area contributed by atoms with Gasteiger partial charge in [0.2, 0.25) is 0 Å². The summed E-state index contributed by atoms with van der Waals surface area (Å²) in [7, 11) is 0.426. The van der Waals surface area contributed by atoms with Crippen molar-refractivity contribution < 1.29 is 4.52 Å². The van der Waals surface area contributed by atoms with Crippen LogP contribution in [0.25, 0.3) is 0 Å². The van der Waals surface area contributed by atoms with Gasteiger partial charge in [-0.1, -0.05) is 17.7 Å². The number of nitrogens with zero attached hydrogens (tertiary/aromatic N) is 3. The molecule has 0 atom stereocenters. The molecule has 0 saturated carbocycles. The summed E-state index contributed by atoms with van der Waals surface area (Å²) >= 11 is 0. The molecule has 0 N–H and O–H groups in total. The van der Waals surface area contributed by atoms with Gasteiger partial charge in [0, 0.05) is 9.02 Å². The molecule has 14 heavy (non-hydrogen) atoms. The van der Waals surface area contributed by atoms with Gasteiger partial charge >= 0.3 is 25.1 Å². The Labute approximate surface area is 86.1 Å². The van der Waals surface area contributed by atoms with Gasteiger partial charge in [-0.25, -0.2) is 0 Å². The first kappa shape index (κ1) is 9.86. The van der Waals surface area contributed by atoms with E-state index in [1.54, 1.807) is 0 Å². The van der Waals surface area contributed by atoms with Crippen LogP contribution < -0.4 is 4.52 Å². The molecule has 2 rings (SSSR count). The van der Waals surface area contributed by atoms with Gasteiger partial charge in [0.25, 0.3) is 0 Å². The number of hydrogen-bond acceptors (Lipinski definition) is 4. The van der Waals surface area contributed by atoms with Gasteiger partial charge in [-0.05, 0) is 23.6 Å². The zero-order valence-electron chi connectivity index (χ0n) is 7.40. The van der Waals surface area contributed by atoms with Gasteiger partial charge < -0.3 is 4.52 Å². The highest BCUT2D eigenvalue weighted by molar-refractivity contribution is 7.50. The van der Waals surface area contributed by atoms with Crippen molar-refractivity contribution in [1.29, 1.82) is 0 Å². The minimum atomic E-state index is -1.03. The van der Waals surface area contributed by atoms with Crippen molar-refractivity contribution in [2.75, 3.05) is 0 Å². The molecule has 1 heterocycles. The fraction of sp³-hybridized carbons (Fsp3) is 0.143. The molecule has 0 bridgehead atoms. The fourth-order valence-electron chi connectivity index (χ4n) is 0.870. The lowest BCUT2D eigenvalue weighted by Gasteiger charge is -1.96. The SMILES string of the molecule is Cc1ccc(O[p+]2npnpn2)cc1. The number of aromatic nitrogens is 3. The molecule has 0 fully saturated rings. The maximum Gasteiger partial charge on any atom is 0.414 e. The number of aryl methyl sites for hydroxylation is 1. The lowest BCUT2D eigenvalue weighted by atomic mass is 10.2. The molecule has 0 aliphatic rings. The minimum absolute atomic E-state index is 0.726. The number of hydrogen-bond donors (Lipinski definition) is 0. The Balaban J connectivity index is 2.16. The van der Waals surface area contributed by atoms with Crippen LogP contribution in [-0.4, -0.2) is 13.5 Å². The van der Waals surface area contributed by atoms with Crippen LogP contribution in [0.4, 0.5) is 0 Å². The molecule has 1 aromatic heterocycles. The summed E-state index contributed by atoms with van der Waals surface area (Å²) in [6, 6.07) is 7.88. The van der Waals surface area contributed by atoms with Crippen LogP contribution in [0, 0.1) is 6.92 Å². The molecule has 70 valence electrons. The normalized spacial score (nSPS) is 12.2. The molecule has 0 spiro atoms. The Morgan fingerprint density at radius 1 is 1.14 bits per heavy atom. The van der Waals surface area contributed by atoms with Gasteiger partial charge in [-0.2, -0.15) is 0 Å². The van der Waals surface area contributed by atoms with Crippen molar-refractivity contribution >= 4 is 25.1 Å². The minimum Gasteiger partial charge on any atom is -0.358 e. The second-order valence-electron chi connectivity index (χ2n) is 2.60. The maximum absolute atomic E-state index is 5.57. The first-order chi connectivity index (χ1) is 6.84. The molecule has 0 unspecified atom stereocenters. The Kier molecular flexibility index (Phi) is 3.31. The molecule has 0 aliphatic carbocycles. The van der Waals surface area contributed by atoms with Crippen molar-refractivity contribution in [3.05, 3.63) is 29.8 Å². The standard InChI is InChI=1S/C7H7N3OP3/c1-6-2-4-7(5-3-6)11-14-9-12-8-13-10-14/h2-5H,1H3/q+1. The molecule has 0 radical (unpaired) electrons. The zero-order valence-corrected chi connectivity index (χ0v) is 10.1. The van der Waals surface area contributed by atoms with Crippen LogP contribution in [0.5, 0.6) is 5.75 Å². The van der Waals surface area contributed by atoms with Gasteiger partial charge in [-0.15, -0.1) is 0 Å². The first-order valence-electron chi connectivity index (χ1n) is 3.91. The molecule has 0 amide bonds. The van der Waals surface area contributed by atoms with E-state index < -0.39 is 8.08 Å². The summed E-state index contributed by atoms with van der Waals surface area (Å²) in [5, 5.41) is 0. The molecular weight excluding hydrogens is 235 g/mol. The van der Waals surface area contributed by atoms with Crippen LogP contribution in [0.3, 0.4) is 0 Å². The zero-order chi connectivity index (χ0) is 9.80. The molecule has 1 aromatic carbocycles. The Morgan fingerprint density at radius 3 is 2.43 bits per heavy atom. The molecular formula is C7H7N3OP3+. The Hall–Kier alpha value is -0.680. The monoisotopic (exact) mass is 242 g/mol. The van der Waals surface area contributed by atoms with Gasteiger partial charge in [0.05, 0.1) is 0 Å². The van der Waals surface area contributed by atoms with E-state index in [2.05, 4.69) is 13.5 Å². The maximum atomic E-state index is 5.57. The van der Waals surface area contributed by atoms with Gasteiger partial charge in [-0.3, -0.25) is 0 Å². The van der Waals surface area contributed by atoms with Crippen LogP contribution in [-0.2, 0) is 0 Å². The Bertz CT molecular complexity index is 408. The van der Waals surface area contributed by atoms with E-state index in [9.17, 15) is 0 Å². The van der Waals surface area contributed by atoms with E-state index in [0.717, 1.165) is 22.8 Å².